The van der Waals surface area contributed by atoms with Crippen molar-refractivity contribution < 1.29 is 17.9 Å². The van der Waals surface area contributed by atoms with Crippen molar-refractivity contribution in [3.05, 3.63) is 73.1 Å². The van der Waals surface area contributed by atoms with E-state index in [2.05, 4.69) is 29.9 Å². The van der Waals surface area contributed by atoms with E-state index in [1.807, 2.05) is 12.1 Å². The van der Waals surface area contributed by atoms with Crippen molar-refractivity contribution in [3.63, 3.8) is 0 Å². The summed E-state index contributed by atoms with van der Waals surface area (Å²) in [6, 6.07) is 10.3. The Bertz CT molecular complexity index is 1680. The molecule has 0 unspecified atom stereocenters. The molecular weight excluding hydrogens is 492 g/mol. The number of nitrogens with zero attached hydrogens (tertiary/aromatic N) is 5. The minimum atomic E-state index is -3.42. The number of H-pyrrole nitrogens is 1. The van der Waals surface area contributed by atoms with Crippen molar-refractivity contribution in [2.45, 2.75) is 30.7 Å². The molecule has 10 nitrogen and oxygen atoms in total. The number of sulfone groups is 1. The lowest BCUT2D eigenvalue weighted by molar-refractivity contribution is 0.414. The number of pyridine rings is 2. The summed E-state index contributed by atoms with van der Waals surface area (Å²) in [5.74, 6) is 2.77. The van der Waals surface area contributed by atoms with Crippen molar-refractivity contribution in [3.8, 4) is 34.5 Å². The van der Waals surface area contributed by atoms with Crippen molar-refractivity contribution in [2.75, 3.05) is 5.75 Å². The summed E-state index contributed by atoms with van der Waals surface area (Å²) in [5, 5.41) is 0.000825. The van der Waals surface area contributed by atoms with Crippen LogP contribution in [0.25, 0.3) is 22.6 Å². The summed E-state index contributed by atoms with van der Waals surface area (Å²) in [6.07, 6.45) is 10.1. The number of hydrogen-bond acceptors (Lipinski definition) is 9. The van der Waals surface area contributed by atoms with Gasteiger partial charge in [0.1, 0.15) is 17.2 Å². The molecule has 4 aromatic heterocycles. The zero-order chi connectivity index (χ0) is 25.4. The van der Waals surface area contributed by atoms with Gasteiger partial charge in [-0.3, -0.25) is 9.97 Å². The highest BCUT2D eigenvalue weighted by Gasteiger charge is 2.29. The Morgan fingerprint density at radius 3 is 2.54 bits per heavy atom. The van der Waals surface area contributed by atoms with Crippen LogP contribution < -0.4 is 9.47 Å². The first kappa shape index (κ1) is 23.0. The van der Waals surface area contributed by atoms with E-state index in [0.717, 1.165) is 18.5 Å². The summed E-state index contributed by atoms with van der Waals surface area (Å²) < 4.78 is 36.8. The second kappa shape index (κ2) is 9.25. The topological polar surface area (TPSA) is 133 Å². The summed E-state index contributed by atoms with van der Waals surface area (Å²) in [7, 11) is -3.42. The molecule has 5 aromatic rings. The van der Waals surface area contributed by atoms with Crippen LogP contribution in [0.1, 0.15) is 31.4 Å². The van der Waals surface area contributed by atoms with Gasteiger partial charge >= 0.3 is 0 Å². The predicted octanol–water partition coefficient (Wildman–Crippen LogP) is 5.07. The number of aromatic amines is 1. The molecule has 0 aliphatic heterocycles. The lowest BCUT2D eigenvalue weighted by Crippen LogP contribution is -2.05. The van der Waals surface area contributed by atoms with Crippen LogP contribution >= 0.6 is 0 Å². The molecule has 1 aromatic carbocycles. The molecule has 1 N–H and O–H groups in total. The van der Waals surface area contributed by atoms with E-state index in [4.69, 9.17) is 9.47 Å². The fourth-order valence-corrected chi connectivity index (χ4v) is 4.66. The average Bonchev–Trinajstić information content (AvgIpc) is 3.69. The fraction of sp³-hybridized carbons (Fsp3) is 0.192. The second-order valence-electron chi connectivity index (χ2n) is 8.59. The number of imidazole rings is 1. The van der Waals surface area contributed by atoms with Gasteiger partial charge in [-0.25, -0.2) is 23.4 Å². The van der Waals surface area contributed by atoms with Gasteiger partial charge in [0.05, 0.1) is 34.9 Å². The maximum Gasteiger partial charge on any atom is 0.195 e. The van der Waals surface area contributed by atoms with Crippen LogP contribution in [0.4, 0.5) is 0 Å². The number of aromatic nitrogens is 6. The van der Waals surface area contributed by atoms with Crippen molar-refractivity contribution in [2.24, 2.45) is 0 Å². The third kappa shape index (κ3) is 4.73. The van der Waals surface area contributed by atoms with E-state index in [0.29, 0.717) is 51.5 Å². The Morgan fingerprint density at radius 2 is 1.81 bits per heavy atom. The molecule has 0 saturated heterocycles. The molecule has 0 bridgehead atoms. The number of nitrogens with one attached hydrogen (secondary N) is 1. The lowest BCUT2D eigenvalue weighted by Gasteiger charge is -2.14. The number of rotatable bonds is 8. The molecule has 6 rings (SSSR count). The van der Waals surface area contributed by atoms with Crippen LogP contribution in [0.2, 0.25) is 0 Å². The molecule has 1 saturated carbocycles. The van der Waals surface area contributed by atoms with Gasteiger partial charge in [0, 0.05) is 36.6 Å². The van der Waals surface area contributed by atoms with Gasteiger partial charge in [-0.15, -0.1) is 0 Å². The Hall–Kier alpha value is -4.38. The lowest BCUT2D eigenvalue weighted by atomic mass is 10.2. The third-order valence-electron chi connectivity index (χ3n) is 5.97. The van der Waals surface area contributed by atoms with E-state index < -0.39 is 9.84 Å². The standard InChI is InChI=1S/C26H22N6O4S/c1-2-37(33,34)24-8-7-17(14-30-24)35-22-12-18-19(32-26(31-18)20-15-27-10-11-28-20)13-23(22)36-21-4-3-9-29-25(21)16-5-6-16/h3-4,7-16H,2,5-6H2,1H3,(H,31,32). The van der Waals surface area contributed by atoms with Crippen LogP contribution in [0.5, 0.6) is 23.0 Å². The zero-order valence-corrected chi connectivity index (χ0v) is 20.6. The highest BCUT2D eigenvalue weighted by molar-refractivity contribution is 7.91. The number of benzene rings is 1. The van der Waals surface area contributed by atoms with E-state index in [9.17, 15) is 8.42 Å². The van der Waals surface area contributed by atoms with Crippen LogP contribution in [0.3, 0.4) is 0 Å². The molecule has 4 heterocycles. The molecule has 0 spiro atoms. The normalized spacial score (nSPS) is 13.5. The molecule has 0 radical (unpaired) electrons. The summed E-state index contributed by atoms with van der Waals surface area (Å²) >= 11 is 0. The third-order valence-corrected chi connectivity index (χ3v) is 7.61. The van der Waals surface area contributed by atoms with Gasteiger partial charge < -0.3 is 14.5 Å². The van der Waals surface area contributed by atoms with Crippen molar-refractivity contribution in [1.29, 1.82) is 0 Å². The van der Waals surface area contributed by atoms with Crippen LogP contribution in [0, 0.1) is 0 Å². The minimum Gasteiger partial charge on any atom is -0.452 e. The number of ether oxygens (including phenoxy) is 2. The Morgan fingerprint density at radius 1 is 0.946 bits per heavy atom. The number of hydrogen-bond donors (Lipinski definition) is 1. The highest BCUT2D eigenvalue weighted by atomic mass is 32.2. The maximum atomic E-state index is 12.1. The van der Waals surface area contributed by atoms with Gasteiger partial charge in [-0.2, -0.15) is 0 Å². The molecule has 1 aliphatic rings. The van der Waals surface area contributed by atoms with E-state index in [-0.39, 0.29) is 10.8 Å². The van der Waals surface area contributed by atoms with E-state index in [1.165, 1.54) is 12.3 Å². The minimum absolute atomic E-state index is 0.000825. The van der Waals surface area contributed by atoms with Gasteiger partial charge in [-0.05, 0) is 37.1 Å². The van der Waals surface area contributed by atoms with Crippen molar-refractivity contribution in [1.82, 2.24) is 29.9 Å². The first-order valence-electron chi connectivity index (χ1n) is 11.8. The summed E-state index contributed by atoms with van der Waals surface area (Å²) in [6.45, 7) is 1.58. The van der Waals surface area contributed by atoms with Gasteiger partial charge in [-0.1, -0.05) is 6.92 Å². The predicted molar refractivity (Wildman–Crippen MR) is 135 cm³/mol. The Labute approximate surface area is 212 Å². The largest absolute Gasteiger partial charge is 0.452 e. The van der Waals surface area contributed by atoms with Gasteiger partial charge in [0.25, 0.3) is 0 Å². The molecule has 186 valence electrons. The van der Waals surface area contributed by atoms with Gasteiger partial charge in [0.15, 0.2) is 32.2 Å². The Kier molecular flexibility index (Phi) is 5.76. The van der Waals surface area contributed by atoms with Crippen LogP contribution in [0.15, 0.2) is 72.4 Å². The first-order valence-corrected chi connectivity index (χ1v) is 13.4. The summed E-state index contributed by atoms with van der Waals surface area (Å²) in [4.78, 5) is 24.9. The fourth-order valence-electron chi connectivity index (χ4n) is 3.88. The highest BCUT2D eigenvalue weighted by Crippen LogP contribution is 2.45. The van der Waals surface area contributed by atoms with E-state index in [1.54, 1.807) is 49.9 Å². The van der Waals surface area contributed by atoms with Gasteiger partial charge in [0.2, 0.25) is 0 Å². The monoisotopic (exact) mass is 514 g/mol. The molecule has 0 amide bonds. The Balaban J connectivity index is 1.41. The average molecular weight is 515 g/mol. The van der Waals surface area contributed by atoms with Crippen molar-refractivity contribution >= 4 is 20.9 Å². The zero-order valence-electron chi connectivity index (χ0n) is 19.8. The first-order chi connectivity index (χ1) is 18.0. The molecule has 0 atom stereocenters. The molecular formula is C26H22N6O4S. The van der Waals surface area contributed by atoms with Crippen LogP contribution in [-0.2, 0) is 9.84 Å². The quantitative estimate of drug-likeness (QED) is 0.301. The second-order valence-corrected chi connectivity index (χ2v) is 10.8. The molecule has 37 heavy (non-hydrogen) atoms. The molecule has 1 fully saturated rings. The van der Waals surface area contributed by atoms with Crippen LogP contribution in [-0.4, -0.2) is 44.1 Å². The summed E-state index contributed by atoms with van der Waals surface area (Å²) in [5.41, 5.74) is 2.87. The molecule has 11 heteroatoms. The van der Waals surface area contributed by atoms with E-state index >= 15 is 0 Å². The SMILES string of the molecule is CCS(=O)(=O)c1ccc(Oc2cc3[nH]c(-c4cnccn4)nc3cc2Oc2cccnc2C2CC2)cn1. The molecule has 1 aliphatic carbocycles. The number of fused-ring (bicyclic) bond motifs is 1. The maximum absolute atomic E-state index is 12.1. The smallest absolute Gasteiger partial charge is 0.195 e.